The van der Waals surface area contributed by atoms with E-state index in [1.807, 2.05) is 17.0 Å². The van der Waals surface area contributed by atoms with Crippen molar-refractivity contribution in [1.82, 2.24) is 4.90 Å². The second kappa shape index (κ2) is 4.93. The number of carbonyl (C=O) groups excluding carboxylic acids is 1. The molecule has 2 aliphatic rings. The average Bonchev–Trinajstić information content (AvgIpc) is 3.12. The molecule has 2 nitrogen and oxygen atoms in total. The Hall–Kier alpha value is -1.02. The molecule has 3 heteroatoms. The van der Waals surface area contributed by atoms with Crippen LogP contribution in [-0.4, -0.2) is 23.9 Å². The van der Waals surface area contributed by atoms with Gasteiger partial charge in [0.15, 0.2) is 0 Å². The highest BCUT2D eigenvalue weighted by Crippen LogP contribution is 2.41. The lowest BCUT2D eigenvalue weighted by Crippen LogP contribution is -2.30. The lowest BCUT2D eigenvalue weighted by atomic mass is 10.0. The summed E-state index contributed by atoms with van der Waals surface area (Å²) in [6.07, 6.45) is 4.77. The van der Waals surface area contributed by atoms with Crippen molar-refractivity contribution < 1.29 is 4.79 Å². The fourth-order valence-electron chi connectivity index (χ4n) is 2.63. The third-order valence-corrected chi connectivity index (χ3v) is 4.33. The monoisotopic (exact) mass is 263 g/mol. The van der Waals surface area contributed by atoms with Crippen LogP contribution < -0.4 is 0 Å². The molecule has 0 spiro atoms. The maximum atomic E-state index is 12.2. The van der Waals surface area contributed by atoms with Crippen molar-refractivity contribution in [2.75, 3.05) is 13.1 Å². The molecule has 0 N–H and O–H groups in total. The summed E-state index contributed by atoms with van der Waals surface area (Å²) in [5.74, 6) is 0.776. The van der Waals surface area contributed by atoms with Crippen LogP contribution in [0, 0.1) is 0 Å². The number of nitrogens with zero attached hydrogens (tertiary/aromatic N) is 1. The number of hydrogen-bond acceptors (Lipinski definition) is 1. The van der Waals surface area contributed by atoms with Crippen LogP contribution >= 0.6 is 11.6 Å². The van der Waals surface area contributed by atoms with Gasteiger partial charge in [-0.1, -0.05) is 24.3 Å². The predicted molar refractivity (Wildman–Crippen MR) is 72.8 cm³/mol. The number of likely N-dealkylation sites (tertiary alicyclic amines) is 1. The fourth-order valence-corrected chi connectivity index (χ4v) is 2.90. The highest BCUT2D eigenvalue weighted by atomic mass is 35.5. The molecule has 18 heavy (non-hydrogen) atoms. The largest absolute Gasteiger partial charge is 0.341 e. The van der Waals surface area contributed by atoms with Crippen molar-refractivity contribution in [1.29, 1.82) is 0 Å². The molecule has 1 saturated carbocycles. The van der Waals surface area contributed by atoms with Crippen molar-refractivity contribution in [2.45, 2.75) is 37.0 Å². The van der Waals surface area contributed by atoms with Gasteiger partial charge in [0, 0.05) is 13.1 Å². The molecule has 3 rings (SSSR count). The van der Waals surface area contributed by atoms with E-state index in [-0.39, 0.29) is 5.91 Å². The van der Waals surface area contributed by atoms with E-state index in [1.165, 1.54) is 18.4 Å². The Morgan fingerprint density at radius 2 is 2.00 bits per heavy atom. The van der Waals surface area contributed by atoms with E-state index in [9.17, 15) is 4.79 Å². The minimum absolute atomic E-state index is 0.0714. The minimum atomic E-state index is -0.512. The first kappa shape index (κ1) is 12.0. The van der Waals surface area contributed by atoms with E-state index in [4.69, 9.17) is 11.6 Å². The molecule has 1 aliphatic carbocycles. The summed E-state index contributed by atoms with van der Waals surface area (Å²) in [5, 5.41) is -0.512. The van der Waals surface area contributed by atoms with Gasteiger partial charge in [-0.3, -0.25) is 4.79 Å². The van der Waals surface area contributed by atoms with Crippen LogP contribution in [0.2, 0.25) is 0 Å². The Labute approximate surface area is 113 Å². The fraction of sp³-hybridized carbons (Fsp3) is 0.533. The summed E-state index contributed by atoms with van der Waals surface area (Å²) in [6.45, 7) is 1.73. The van der Waals surface area contributed by atoms with Crippen molar-refractivity contribution in [2.24, 2.45) is 0 Å². The van der Waals surface area contributed by atoms with Crippen LogP contribution in [0.4, 0.5) is 0 Å². The highest BCUT2D eigenvalue weighted by molar-refractivity contribution is 6.30. The lowest BCUT2D eigenvalue weighted by Gasteiger charge is -2.19. The number of halogens is 1. The van der Waals surface area contributed by atoms with E-state index >= 15 is 0 Å². The molecule has 1 aromatic carbocycles. The minimum Gasteiger partial charge on any atom is -0.341 e. The molecule has 1 heterocycles. The number of carbonyl (C=O) groups is 1. The van der Waals surface area contributed by atoms with Crippen molar-refractivity contribution in [3.8, 4) is 0 Å². The third kappa shape index (κ3) is 2.39. The zero-order chi connectivity index (χ0) is 12.5. The van der Waals surface area contributed by atoms with Gasteiger partial charge in [-0.2, -0.15) is 0 Å². The van der Waals surface area contributed by atoms with Crippen molar-refractivity contribution >= 4 is 17.5 Å². The average molecular weight is 264 g/mol. The van der Waals surface area contributed by atoms with Gasteiger partial charge in [-0.15, -0.1) is 11.6 Å². The topological polar surface area (TPSA) is 20.3 Å². The van der Waals surface area contributed by atoms with E-state index in [1.54, 1.807) is 0 Å². The smallest absolute Gasteiger partial charge is 0.245 e. The Morgan fingerprint density at radius 3 is 2.67 bits per heavy atom. The third-order valence-electron chi connectivity index (χ3n) is 3.89. The first-order valence-corrected chi connectivity index (χ1v) is 7.22. The van der Waals surface area contributed by atoms with Crippen LogP contribution in [-0.2, 0) is 4.79 Å². The maximum absolute atomic E-state index is 12.2. The summed E-state index contributed by atoms with van der Waals surface area (Å²) < 4.78 is 0. The molecule has 1 aliphatic heterocycles. The van der Waals surface area contributed by atoms with Crippen molar-refractivity contribution in [3.05, 3.63) is 35.4 Å². The van der Waals surface area contributed by atoms with Gasteiger partial charge < -0.3 is 4.90 Å². The summed E-state index contributed by atoms with van der Waals surface area (Å²) in [7, 11) is 0. The van der Waals surface area contributed by atoms with Gasteiger partial charge in [0.05, 0.1) is 0 Å². The van der Waals surface area contributed by atoms with Crippen molar-refractivity contribution in [3.63, 3.8) is 0 Å². The van der Waals surface area contributed by atoms with Crippen LogP contribution in [0.1, 0.15) is 48.1 Å². The van der Waals surface area contributed by atoms with Gasteiger partial charge in [0.25, 0.3) is 0 Å². The molecule has 1 unspecified atom stereocenters. The summed E-state index contributed by atoms with van der Waals surface area (Å²) >= 11 is 6.34. The molecular formula is C15H18ClNO. The highest BCUT2D eigenvalue weighted by Gasteiger charge is 2.28. The summed E-state index contributed by atoms with van der Waals surface area (Å²) in [4.78, 5) is 14.1. The molecule has 0 radical (unpaired) electrons. The molecule has 96 valence electrons. The standard InChI is InChI=1S/C15H18ClNO/c16-14(15(18)17-8-1-2-9-17)13-5-3-4-12(10-13)11-6-7-11/h3-5,10-11,14H,1-2,6-9H2. The zero-order valence-electron chi connectivity index (χ0n) is 10.4. The Balaban J connectivity index is 1.76. The van der Waals surface area contributed by atoms with Gasteiger partial charge in [-0.25, -0.2) is 0 Å². The van der Waals surface area contributed by atoms with E-state index < -0.39 is 5.38 Å². The first-order valence-electron chi connectivity index (χ1n) is 6.78. The number of alkyl halides is 1. The zero-order valence-corrected chi connectivity index (χ0v) is 11.2. The SMILES string of the molecule is O=C(C(Cl)c1cccc(C2CC2)c1)N1CCCC1. The maximum Gasteiger partial charge on any atom is 0.245 e. The Bertz CT molecular complexity index is 450. The quantitative estimate of drug-likeness (QED) is 0.765. The van der Waals surface area contributed by atoms with Crippen LogP contribution in [0.3, 0.4) is 0 Å². The molecule has 0 bridgehead atoms. The molecule has 1 aromatic rings. The second-order valence-electron chi connectivity index (χ2n) is 5.34. The molecule has 1 atom stereocenters. The molecular weight excluding hydrogens is 246 g/mol. The lowest BCUT2D eigenvalue weighted by molar-refractivity contribution is -0.129. The Kier molecular flexibility index (Phi) is 3.29. The van der Waals surface area contributed by atoms with Gasteiger partial charge in [0.1, 0.15) is 5.38 Å². The molecule has 0 aromatic heterocycles. The van der Waals surface area contributed by atoms with Gasteiger partial charge >= 0.3 is 0 Å². The Morgan fingerprint density at radius 1 is 1.28 bits per heavy atom. The molecule has 2 fully saturated rings. The van der Waals surface area contributed by atoms with Gasteiger partial charge in [0.2, 0.25) is 5.91 Å². The number of benzene rings is 1. The predicted octanol–water partition coefficient (Wildman–Crippen LogP) is 3.47. The van der Waals surface area contributed by atoms with E-state index in [0.717, 1.165) is 31.5 Å². The van der Waals surface area contributed by atoms with Gasteiger partial charge in [-0.05, 0) is 42.7 Å². The van der Waals surface area contributed by atoms with Crippen LogP contribution in [0.5, 0.6) is 0 Å². The number of amides is 1. The van der Waals surface area contributed by atoms with E-state index in [0.29, 0.717) is 5.92 Å². The summed E-state index contributed by atoms with van der Waals surface area (Å²) in [5.41, 5.74) is 2.30. The normalized spacial score (nSPS) is 21.1. The molecule has 1 saturated heterocycles. The molecule has 1 amide bonds. The van der Waals surface area contributed by atoms with Crippen LogP contribution in [0.15, 0.2) is 24.3 Å². The summed E-state index contributed by atoms with van der Waals surface area (Å²) in [6, 6.07) is 8.25. The first-order chi connectivity index (χ1) is 8.75. The number of rotatable bonds is 3. The second-order valence-corrected chi connectivity index (χ2v) is 5.78. The van der Waals surface area contributed by atoms with E-state index in [2.05, 4.69) is 12.1 Å². The number of hydrogen-bond donors (Lipinski definition) is 0. The van der Waals surface area contributed by atoms with Crippen LogP contribution in [0.25, 0.3) is 0 Å².